The molecular weight excluding hydrogens is 484 g/mol. The molecule has 1 saturated heterocycles. The second-order valence-electron chi connectivity index (χ2n) is 8.96. The van der Waals surface area contributed by atoms with E-state index in [0.29, 0.717) is 34.7 Å². The summed E-state index contributed by atoms with van der Waals surface area (Å²) in [5.74, 6) is 0.435. The number of fused-ring (bicyclic) bond motifs is 1. The van der Waals surface area contributed by atoms with Crippen LogP contribution in [-0.4, -0.2) is 60.3 Å². The normalized spacial score (nSPS) is 18.4. The quantitative estimate of drug-likeness (QED) is 0.522. The van der Waals surface area contributed by atoms with E-state index in [1.165, 1.54) is 6.07 Å². The first-order valence-corrected chi connectivity index (χ1v) is 13.4. The van der Waals surface area contributed by atoms with Crippen LogP contribution in [0.15, 0.2) is 17.0 Å². The van der Waals surface area contributed by atoms with Crippen LogP contribution in [0.25, 0.3) is 21.6 Å². The van der Waals surface area contributed by atoms with Crippen LogP contribution in [0.5, 0.6) is 0 Å². The average Bonchev–Trinajstić information content (AvgIpc) is 3.38. The van der Waals surface area contributed by atoms with Crippen LogP contribution >= 0.6 is 11.3 Å². The zero-order chi connectivity index (χ0) is 24.1. The number of benzene rings is 1. The van der Waals surface area contributed by atoms with Gasteiger partial charge in [0.15, 0.2) is 10.0 Å². The number of hydrogen-bond acceptors (Lipinski definition) is 9. The zero-order valence-corrected chi connectivity index (χ0v) is 20.4. The maximum absolute atomic E-state index is 13.3. The Balaban J connectivity index is 1.73. The largest absolute Gasteiger partial charge is 0.368 e. The van der Waals surface area contributed by atoms with Gasteiger partial charge >= 0.3 is 0 Å². The van der Waals surface area contributed by atoms with E-state index in [-0.39, 0.29) is 9.90 Å². The Morgan fingerprint density at radius 2 is 1.97 bits per heavy atom. The summed E-state index contributed by atoms with van der Waals surface area (Å²) in [6.45, 7) is 6.61. The molecule has 182 valence electrons. The van der Waals surface area contributed by atoms with Crippen molar-refractivity contribution in [3.8, 4) is 10.7 Å². The number of aryl methyl sites for hydroxylation is 1. The fraction of sp³-hybridized carbons (Fsp3) is 0.524. The number of aromatic nitrogens is 4. The van der Waals surface area contributed by atoms with E-state index in [9.17, 15) is 17.2 Å². The van der Waals surface area contributed by atoms with Gasteiger partial charge < -0.3 is 10.2 Å². The molecule has 2 aliphatic rings. The highest BCUT2D eigenvalue weighted by Gasteiger charge is 2.41. The van der Waals surface area contributed by atoms with Crippen molar-refractivity contribution < 1.29 is 17.2 Å². The molecule has 3 heterocycles. The molecule has 9 nitrogen and oxygen atoms in total. The molecule has 34 heavy (non-hydrogen) atoms. The van der Waals surface area contributed by atoms with E-state index in [4.69, 9.17) is 0 Å². The van der Waals surface area contributed by atoms with Gasteiger partial charge in [0.25, 0.3) is 6.43 Å². The summed E-state index contributed by atoms with van der Waals surface area (Å²) in [6.07, 6.45) is -0.307. The van der Waals surface area contributed by atoms with E-state index >= 15 is 0 Å². The van der Waals surface area contributed by atoms with Crippen LogP contribution < -0.4 is 14.9 Å². The third kappa shape index (κ3) is 4.61. The van der Waals surface area contributed by atoms with Gasteiger partial charge in [-0.2, -0.15) is 0 Å². The lowest BCUT2D eigenvalue weighted by Crippen LogP contribution is -2.34. The molecule has 0 unspecified atom stereocenters. The molecule has 2 aromatic heterocycles. The predicted octanol–water partition coefficient (Wildman–Crippen LogP) is 3.02. The molecule has 1 saturated carbocycles. The number of alkyl halides is 2. The first kappa shape index (κ1) is 23.4. The lowest BCUT2D eigenvalue weighted by atomic mass is 10.1. The molecule has 3 aromatic rings. The van der Waals surface area contributed by atoms with Gasteiger partial charge in [-0.3, -0.25) is 0 Å². The topological polar surface area (TPSA) is 113 Å². The lowest BCUT2D eigenvalue weighted by molar-refractivity contribution is 0.150. The molecule has 2 fully saturated rings. The predicted molar refractivity (Wildman–Crippen MR) is 126 cm³/mol. The van der Waals surface area contributed by atoms with Crippen LogP contribution in [0.3, 0.4) is 0 Å². The van der Waals surface area contributed by atoms with Gasteiger partial charge in [-0.15, -0.1) is 10.2 Å². The Hall–Kier alpha value is -2.35. The zero-order valence-electron chi connectivity index (χ0n) is 18.8. The van der Waals surface area contributed by atoms with Crippen molar-refractivity contribution in [2.45, 2.75) is 50.0 Å². The highest BCUT2D eigenvalue weighted by molar-refractivity contribution is 7.89. The molecule has 1 aromatic carbocycles. The molecule has 0 amide bonds. The molecular formula is C21H25F2N7O2S2. The molecule has 0 bridgehead atoms. The Kier molecular flexibility index (Phi) is 5.99. The minimum atomic E-state index is -3.84. The van der Waals surface area contributed by atoms with E-state index in [0.717, 1.165) is 50.2 Å². The summed E-state index contributed by atoms with van der Waals surface area (Å²) in [5.41, 5.74) is 1.09. The van der Waals surface area contributed by atoms with Crippen molar-refractivity contribution in [2.75, 3.05) is 31.1 Å². The number of nitrogens with one attached hydrogen (secondary N) is 2. The summed E-state index contributed by atoms with van der Waals surface area (Å²) in [5, 5.41) is 11.1. The third-order valence-corrected chi connectivity index (χ3v) is 8.62. The standard InChI is InChI=1S/C21H25F2N7O2S2/c1-12-25-16-14(17(26-12)19-27-28-20(33-19)18(22)23)10-13(34(31,32)29-21(2)4-5-21)11-15(16)30-8-3-6-24-7-9-30/h10-11,18,24,29H,3-9H2,1-2H3. The minimum Gasteiger partial charge on any atom is -0.368 e. The summed E-state index contributed by atoms with van der Waals surface area (Å²) in [6, 6.07) is 3.17. The summed E-state index contributed by atoms with van der Waals surface area (Å²) >= 11 is 0.745. The fourth-order valence-electron chi connectivity index (χ4n) is 4.04. The Bertz CT molecular complexity index is 1330. The monoisotopic (exact) mass is 509 g/mol. The number of hydrogen-bond donors (Lipinski definition) is 2. The molecule has 1 aliphatic heterocycles. The SMILES string of the molecule is Cc1nc(-c2nnc(C(F)F)s2)c2cc(S(=O)(=O)NC3(C)CC3)cc(N3CCCNCC3)c2n1. The number of anilines is 1. The second kappa shape index (κ2) is 8.70. The van der Waals surface area contributed by atoms with Crippen molar-refractivity contribution in [1.29, 1.82) is 0 Å². The first-order chi connectivity index (χ1) is 16.2. The van der Waals surface area contributed by atoms with Gasteiger partial charge in [0.2, 0.25) is 10.0 Å². The number of halogens is 2. The molecule has 0 spiro atoms. The fourth-order valence-corrected chi connectivity index (χ4v) is 6.25. The van der Waals surface area contributed by atoms with Crippen LogP contribution in [-0.2, 0) is 10.0 Å². The first-order valence-electron chi connectivity index (χ1n) is 11.1. The summed E-state index contributed by atoms with van der Waals surface area (Å²) < 4.78 is 55.9. The maximum atomic E-state index is 13.3. The Morgan fingerprint density at radius 3 is 2.68 bits per heavy atom. The molecule has 0 radical (unpaired) electrons. The average molecular weight is 510 g/mol. The van der Waals surface area contributed by atoms with Gasteiger partial charge in [0, 0.05) is 30.6 Å². The Morgan fingerprint density at radius 1 is 1.18 bits per heavy atom. The van der Waals surface area contributed by atoms with Crippen molar-refractivity contribution in [1.82, 2.24) is 30.2 Å². The molecule has 5 rings (SSSR count). The second-order valence-corrected chi connectivity index (χ2v) is 11.7. The van der Waals surface area contributed by atoms with Crippen molar-refractivity contribution >= 4 is 38.0 Å². The van der Waals surface area contributed by atoms with Gasteiger partial charge in [0.1, 0.15) is 11.5 Å². The van der Waals surface area contributed by atoms with Crippen LogP contribution in [0, 0.1) is 6.92 Å². The van der Waals surface area contributed by atoms with Crippen molar-refractivity contribution in [3.05, 3.63) is 23.0 Å². The number of rotatable bonds is 6. The third-order valence-electron chi connectivity index (χ3n) is 6.07. The lowest BCUT2D eigenvalue weighted by Gasteiger charge is -2.25. The number of sulfonamides is 1. The molecule has 1 aliphatic carbocycles. The van der Waals surface area contributed by atoms with Crippen molar-refractivity contribution in [3.63, 3.8) is 0 Å². The summed E-state index contributed by atoms with van der Waals surface area (Å²) in [4.78, 5) is 11.3. The smallest absolute Gasteiger partial charge is 0.291 e. The molecule has 2 N–H and O–H groups in total. The molecule has 0 atom stereocenters. The van der Waals surface area contributed by atoms with Crippen LogP contribution in [0.1, 0.15) is 43.4 Å². The van der Waals surface area contributed by atoms with Gasteiger partial charge in [-0.25, -0.2) is 31.9 Å². The van der Waals surface area contributed by atoms with Gasteiger partial charge in [0.05, 0.1) is 16.1 Å². The Labute approximate surface area is 200 Å². The van der Waals surface area contributed by atoms with Crippen LogP contribution in [0.2, 0.25) is 0 Å². The van der Waals surface area contributed by atoms with Gasteiger partial charge in [-0.1, -0.05) is 11.3 Å². The van der Waals surface area contributed by atoms with E-state index in [1.54, 1.807) is 13.0 Å². The molecule has 13 heteroatoms. The highest BCUT2D eigenvalue weighted by atomic mass is 32.2. The van der Waals surface area contributed by atoms with E-state index < -0.39 is 27.0 Å². The van der Waals surface area contributed by atoms with E-state index in [1.807, 2.05) is 6.92 Å². The van der Waals surface area contributed by atoms with E-state index in [2.05, 4.69) is 35.1 Å². The van der Waals surface area contributed by atoms with Gasteiger partial charge in [-0.05, 0) is 51.8 Å². The number of nitrogens with zero attached hydrogens (tertiary/aromatic N) is 5. The van der Waals surface area contributed by atoms with Crippen LogP contribution in [0.4, 0.5) is 14.5 Å². The highest BCUT2D eigenvalue weighted by Crippen LogP contribution is 2.39. The summed E-state index contributed by atoms with van der Waals surface area (Å²) in [7, 11) is -3.84. The minimum absolute atomic E-state index is 0.0904. The maximum Gasteiger partial charge on any atom is 0.291 e. The van der Waals surface area contributed by atoms with Crippen molar-refractivity contribution in [2.24, 2.45) is 0 Å².